The van der Waals surface area contributed by atoms with Crippen LogP contribution in [0.3, 0.4) is 0 Å². The molecule has 0 aliphatic heterocycles. The second-order valence-corrected chi connectivity index (χ2v) is 27.1. The first kappa shape index (κ1) is 55.0. The molecular formula is C92H57NS2. The summed E-state index contributed by atoms with van der Waals surface area (Å²) in [7, 11) is 0. The molecule has 3 aromatic heterocycles. The first-order valence-corrected chi connectivity index (χ1v) is 34.2. The molecule has 3 heterocycles. The molecule has 0 saturated heterocycles. The Morgan fingerprint density at radius 3 is 0.968 bits per heavy atom. The van der Waals surface area contributed by atoms with E-state index in [9.17, 15) is 0 Å². The molecule has 0 spiro atoms. The Kier molecular flexibility index (Phi) is 13.0. The van der Waals surface area contributed by atoms with Gasteiger partial charge in [-0.05, 0) is 189 Å². The predicted molar refractivity (Wildman–Crippen MR) is 410 cm³/mol. The lowest BCUT2D eigenvalue weighted by molar-refractivity contribution is 1.18. The summed E-state index contributed by atoms with van der Waals surface area (Å²) in [5, 5.41) is 12.5. The Morgan fingerprint density at radius 2 is 0.505 bits per heavy atom. The summed E-state index contributed by atoms with van der Waals surface area (Å²) in [5.41, 5.74) is 25.1. The molecule has 0 atom stereocenters. The number of rotatable bonds is 10. The van der Waals surface area contributed by atoms with Crippen LogP contribution in [0.2, 0.25) is 0 Å². The highest BCUT2D eigenvalue weighted by Crippen LogP contribution is 2.50. The highest BCUT2D eigenvalue weighted by Gasteiger charge is 2.23. The summed E-state index contributed by atoms with van der Waals surface area (Å²) in [4.78, 5) is 0. The fourth-order valence-corrected chi connectivity index (χ4v) is 17.4. The van der Waals surface area contributed by atoms with E-state index < -0.39 is 0 Å². The Morgan fingerprint density at radius 1 is 0.179 bits per heavy atom. The molecule has 0 bridgehead atoms. The standard InChI is InChI=1S/C92H57NS2/c1-7-22-58(23-8-1)65-41-46-87-80(49-65)83-54-70(60-26-11-3-12-27-60)52-78(91(83)94-87)68-39-43-73-74-44-40-69(79-53-71(61-28-13-4-14-29-61)55-84-81-50-66(59-24-9-2-10-25-59)42-47-88(81)95-92(79)84)57-86(74)93(85(73)56-68)72-35-21-34-64(48-72)67-38-45-77-82(51-67)90(63-32-17-6-18-33-63)76-37-20-19-36-75(76)89(77)62-30-15-5-16-31-62/h1-57H. The third-order valence-corrected chi connectivity index (χ3v) is 22.0. The van der Waals surface area contributed by atoms with Crippen LogP contribution in [0.25, 0.3) is 190 Å². The van der Waals surface area contributed by atoms with E-state index in [0.717, 1.165) is 27.8 Å². The number of thiophene rings is 2. The number of benzene rings is 16. The topological polar surface area (TPSA) is 4.93 Å². The predicted octanol–water partition coefficient (Wildman–Crippen LogP) is 26.8. The van der Waals surface area contributed by atoms with Crippen molar-refractivity contribution >= 4 is 106 Å². The zero-order chi connectivity index (χ0) is 62.5. The lowest BCUT2D eigenvalue weighted by atomic mass is 9.85. The molecule has 95 heavy (non-hydrogen) atoms. The average Bonchev–Trinajstić information content (AvgIpc) is 1.74. The fraction of sp³-hybridized carbons (Fsp3) is 0. The maximum Gasteiger partial charge on any atom is 0.0547 e. The summed E-state index contributed by atoms with van der Waals surface area (Å²) in [6.07, 6.45) is 0. The SMILES string of the molecule is c1ccc(-c2ccc3sc4c(-c5ccc6c7ccc(-c8cc(-c9ccccc9)cc9c8sc8ccc(-c%10ccccc%10)cc89)cc7n(-c7cccc(-c8ccc9c(-c%10ccccc%10)c%10ccccc%10c(-c%10ccccc%10)c9c8)c7)c6c5)cc(-c5ccccc5)cc4c3c2)cc1. The van der Waals surface area contributed by atoms with Crippen LogP contribution < -0.4 is 0 Å². The van der Waals surface area contributed by atoms with Crippen molar-refractivity contribution in [3.8, 4) is 106 Å². The van der Waals surface area contributed by atoms with Crippen LogP contribution >= 0.6 is 22.7 Å². The fourth-order valence-electron chi connectivity index (χ4n) is 15.0. The van der Waals surface area contributed by atoms with Gasteiger partial charge in [0.2, 0.25) is 0 Å². The second-order valence-electron chi connectivity index (χ2n) is 25.0. The van der Waals surface area contributed by atoms with E-state index in [1.54, 1.807) is 0 Å². The maximum atomic E-state index is 2.56. The van der Waals surface area contributed by atoms with Crippen LogP contribution in [0.4, 0.5) is 0 Å². The first-order chi connectivity index (χ1) is 47.1. The van der Waals surface area contributed by atoms with Gasteiger partial charge in [-0.25, -0.2) is 0 Å². The number of fused-ring (bicyclic) bond motifs is 11. The molecule has 0 fully saturated rings. The van der Waals surface area contributed by atoms with Gasteiger partial charge in [-0.15, -0.1) is 22.7 Å². The average molecular weight is 1240 g/mol. The minimum Gasteiger partial charge on any atom is -0.309 e. The van der Waals surface area contributed by atoms with Crippen molar-refractivity contribution in [2.24, 2.45) is 0 Å². The Hall–Kier alpha value is -11.7. The molecule has 3 heteroatoms. The van der Waals surface area contributed by atoms with Gasteiger partial charge in [0.05, 0.1) is 11.0 Å². The van der Waals surface area contributed by atoms with E-state index >= 15 is 0 Å². The van der Waals surface area contributed by atoms with Gasteiger partial charge in [0.15, 0.2) is 0 Å². The number of aromatic nitrogens is 1. The van der Waals surface area contributed by atoms with E-state index in [2.05, 4.69) is 350 Å². The Bertz CT molecular complexity index is 5960. The summed E-state index contributed by atoms with van der Waals surface area (Å²) in [6.45, 7) is 0. The van der Waals surface area contributed by atoms with E-state index in [-0.39, 0.29) is 0 Å². The molecule has 0 N–H and O–H groups in total. The van der Waals surface area contributed by atoms with Gasteiger partial charge >= 0.3 is 0 Å². The Balaban J connectivity index is 0.857. The van der Waals surface area contributed by atoms with Gasteiger partial charge in [0, 0.05) is 67.9 Å². The van der Waals surface area contributed by atoms with Gasteiger partial charge in [0.1, 0.15) is 0 Å². The van der Waals surface area contributed by atoms with E-state index in [1.165, 1.54) is 162 Å². The van der Waals surface area contributed by atoms with Crippen LogP contribution in [0.1, 0.15) is 0 Å². The zero-order valence-electron chi connectivity index (χ0n) is 51.7. The molecule has 0 amide bonds. The van der Waals surface area contributed by atoms with Crippen molar-refractivity contribution in [1.29, 1.82) is 0 Å². The molecule has 0 aliphatic carbocycles. The molecule has 19 rings (SSSR count). The van der Waals surface area contributed by atoms with Gasteiger partial charge in [-0.1, -0.05) is 267 Å². The summed E-state index contributed by atoms with van der Waals surface area (Å²) >= 11 is 3.79. The van der Waals surface area contributed by atoms with Crippen molar-refractivity contribution in [2.75, 3.05) is 0 Å². The van der Waals surface area contributed by atoms with Crippen molar-refractivity contribution in [1.82, 2.24) is 4.57 Å². The molecule has 0 radical (unpaired) electrons. The van der Waals surface area contributed by atoms with Crippen LogP contribution in [0, 0.1) is 0 Å². The Labute approximate surface area is 558 Å². The quantitative estimate of drug-likeness (QED) is 0.120. The molecule has 442 valence electrons. The second kappa shape index (κ2) is 22.5. The number of hydrogen-bond donors (Lipinski definition) is 0. The molecule has 0 saturated carbocycles. The summed E-state index contributed by atoms with van der Waals surface area (Å²) in [6, 6.07) is 129. The lowest BCUT2D eigenvalue weighted by Crippen LogP contribution is -1.95. The lowest BCUT2D eigenvalue weighted by Gasteiger charge is -2.19. The maximum absolute atomic E-state index is 2.56. The molecule has 0 aliphatic rings. The van der Waals surface area contributed by atoms with E-state index in [4.69, 9.17) is 0 Å². The normalized spacial score (nSPS) is 11.8. The van der Waals surface area contributed by atoms with Gasteiger partial charge in [0.25, 0.3) is 0 Å². The van der Waals surface area contributed by atoms with Crippen LogP contribution in [0.5, 0.6) is 0 Å². The third-order valence-electron chi connectivity index (χ3n) is 19.5. The summed E-state index contributed by atoms with van der Waals surface area (Å²) < 4.78 is 7.68. The van der Waals surface area contributed by atoms with E-state index in [1.807, 2.05) is 22.7 Å². The van der Waals surface area contributed by atoms with Gasteiger partial charge in [-0.3, -0.25) is 0 Å². The zero-order valence-corrected chi connectivity index (χ0v) is 53.3. The van der Waals surface area contributed by atoms with Crippen LogP contribution in [0.15, 0.2) is 346 Å². The van der Waals surface area contributed by atoms with Crippen molar-refractivity contribution in [3.05, 3.63) is 346 Å². The van der Waals surface area contributed by atoms with Gasteiger partial charge < -0.3 is 4.57 Å². The van der Waals surface area contributed by atoms with Crippen molar-refractivity contribution in [2.45, 2.75) is 0 Å². The largest absolute Gasteiger partial charge is 0.309 e. The van der Waals surface area contributed by atoms with Crippen molar-refractivity contribution < 1.29 is 0 Å². The highest BCUT2D eigenvalue weighted by atomic mass is 32.1. The number of hydrogen-bond acceptors (Lipinski definition) is 2. The first-order valence-electron chi connectivity index (χ1n) is 32.6. The number of nitrogens with zero attached hydrogens (tertiary/aromatic N) is 1. The van der Waals surface area contributed by atoms with Gasteiger partial charge in [-0.2, -0.15) is 0 Å². The van der Waals surface area contributed by atoms with Crippen molar-refractivity contribution in [3.63, 3.8) is 0 Å². The van der Waals surface area contributed by atoms with Crippen LogP contribution in [-0.2, 0) is 0 Å². The molecular weight excluding hydrogens is 1180 g/mol. The molecule has 16 aromatic carbocycles. The minimum absolute atomic E-state index is 1.10. The smallest absolute Gasteiger partial charge is 0.0547 e. The van der Waals surface area contributed by atoms with Crippen LogP contribution in [-0.4, -0.2) is 4.57 Å². The van der Waals surface area contributed by atoms with E-state index in [0.29, 0.717) is 0 Å². The molecule has 19 aromatic rings. The minimum atomic E-state index is 1.10. The monoisotopic (exact) mass is 1240 g/mol. The summed E-state index contributed by atoms with van der Waals surface area (Å²) in [5.74, 6) is 0. The molecule has 0 unspecified atom stereocenters. The highest BCUT2D eigenvalue weighted by molar-refractivity contribution is 7.26. The molecule has 1 nitrogen and oxygen atoms in total. The third kappa shape index (κ3) is 9.34.